The molecule has 6 heteroatoms. The second kappa shape index (κ2) is 8.03. The third kappa shape index (κ3) is 4.16. The van der Waals surface area contributed by atoms with E-state index in [4.69, 9.17) is 4.74 Å². The van der Waals surface area contributed by atoms with Crippen LogP contribution in [0.25, 0.3) is 0 Å². The van der Waals surface area contributed by atoms with Crippen LogP contribution in [0.15, 0.2) is 48.5 Å². The van der Waals surface area contributed by atoms with Gasteiger partial charge in [0.25, 0.3) is 0 Å². The Morgan fingerprint density at radius 3 is 2.63 bits per heavy atom. The van der Waals surface area contributed by atoms with E-state index in [9.17, 15) is 14.4 Å². The van der Waals surface area contributed by atoms with Gasteiger partial charge in [0.05, 0.1) is 12.2 Å². The van der Waals surface area contributed by atoms with Crippen LogP contribution in [-0.4, -0.2) is 30.9 Å². The van der Waals surface area contributed by atoms with E-state index < -0.39 is 11.9 Å². The first-order valence-electron chi connectivity index (χ1n) is 8.95. The normalized spacial score (nSPS) is 16.3. The summed E-state index contributed by atoms with van der Waals surface area (Å²) in [6, 6.07) is 14.2. The average Bonchev–Trinajstić information content (AvgIpc) is 3.04. The number of esters is 1. The van der Waals surface area contributed by atoms with Crippen LogP contribution in [0.4, 0.5) is 11.4 Å². The highest BCUT2D eigenvalue weighted by atomic mass is 16.5. The monoisotopic (exact) mass is 366 g/mol. The summed E-state index contributed by atoms with van der Waals surface area (Å²) in [5, 5.41) is 2.74. The largest absolute Gasteiger partial charge is 0.462 e. The smallest absolute Gasteiger partial charge is 0.338 e. The van der Waals surface area contributed by atoms with Gasteiger partial charge in [-0.25, -0.2) is 4.79 Å². The second-order valence-corrected chi connectivity index (χ2v) is 6.46. The van der Waals surface area contributed by atoms with Gasteiger partial charge in [-0.05, 0) is 50.6 Å². The molecule has 1 fully saturated rings. The zero-order valence-corrected chi connectivity index (χ0v) is 15.4. The Balaban J connectivity index is 1.68. The predicted octanol–water partition coefficient (Wildman–Crippen LogP) is 3.16. The Hall–Kier alpha value is -3.15. The molecule has 0 spiro atoms. The van der Waals surface area contributed by atoms with Gasteiger partial charge in [0.15, 0.2) is 0 Å². The number of carbonyl (C=O) groups is 3. The van der Waals surface area contributed by atoms with Gasteiger partial charge in [-0.1, -0.05) is 23.8 Å². The van der Waals surface area contributed by atoms with Crippen molar-refractivity contribution in [2.75, 3.05) is 23.4 Å². The Morgan fingerprint density at radius 1 is 1.19 bits per heavy atom. The third-order valence-electron chi connectivity index (χ3n) is 4.51. The molecule has 2 aromatic rings. The summed E-state index contributed by atoms with van der Waals surface area (Å²) in [6.07, 6.45) is 0.454. The van der Waals surface area contributed by atoms with Gasteiger partial charge < -0.3 is 15.0 Å². The fourth-order valence-electron chi connectivity index (χ4n) is 3.07. The Labute approximate surface area is 158 Å². The molecule has 1 saturated heterocycles. The molecular weight excluding hydrogens is 344 g/mol. The van der Waals surface area contributed by atoms with Crippen LogP contribution >= 0.6 is 0 Å². The van der Waals surface area contributed by atoms with Crippen molar-refractivity contribution in [2.24, 2.45) is 5.92 Å². The van der Waals surface area contributed by atoms with Crippen LogP contribution < -0.4 is 10.2 Å². The lowest BCUT2D eigenvalue weighted by molar-refractivity contribution is -0.129. The summed E-state index contributed by atoms with van der Waals surface area (Å²) < 4.78 is 4.96. The Bertz CT molecular complexity index is 861. The predicted molar refractivity (Wildman–Crippen MR) is 103 cm³/mol. The van der Waals surface area contributed by atoms with Gasteiger partial charge in [-0.15, -0.1) is 0 Å². The van der Waals surface area contributed by atoms with Crippen molar-refractivity contribution in [3.05, 3.63) is 59.7 Å². The van der Waals surface area contributed by atoms with Crippen LogP contribution in [0, 0.1) is 12.8 Å². The quantitative estimate of drug-likeness (QED) is 0.651. The lowest BCUT2D eigenvalue weighted by Gasteiger charge is -2.17. The van der Waals surface area contributed by atoms with Crippen LogP contribution in [0.3, 0.4) is 0 Å². The van der Waals surface area contributed by atoms with Gasteiger partial charge in [-0.3, -0.25) is 9.59 Å². The van der Waals surface area contributed by atoms with Crippen LogP contribution in [0.1, 0.15) is 29.3 Å². The molecule has 1 atom stereocenters. The number of nitrogens with one attached hydrogen (secondary N) is 1. The first kappa shape index (κ1) is 18.6. The molecule has 0 bridgehead atoms. The van der Waals surface area contributed by atoms with Crippen molar-refractivity contribution in [1.29, 1.82) is 0 Å². The Kier molecular flexibility index (Phi) is 5.54. The minimum Gasteiger partial charge on any atom is -0.462 e. The highest BCUT2D eigenvalue weighted by molar-refractivity contribution is 6.13. The molecule has 2 aromatic carbocycles. The van der Waals surface area contributed by atoms with E-state index in [2.05, 4.69) is 5.32 Å². The molecule has 1 unspecified atom stereocenters. The number of nitrogens with zero attached hydrogens (tertiary/aromatic N) is 1. The maximum absolute atomic E-state index is 12.7. The molecule has 2 amide bonds. The lowest BCUT2D eigenvalue weighted by atomic mass is 10.1. The average molecular weight is 366 g/mol. The molecular formula is C21H22N2O4. The van der Waals surface area contributed by atoms with E-state index in [1.807, 2.05) is 31.2 Å². The van der Waals surface area contributed by atoms with Crippen LogP contribution in [0.2, 0.25) is 0 Å². The highest BCUT2D eigenvalue weighted by Crippen LogP contribution is 2.26. The second-order valence-electron chi connectivity index (χ2n) is 6.46. The minimum atomic E-state index is -0.738. The number of hydrogen-bond acceptors (Lipinski definition) is 4. The van der Waals surface area contributed by atoms with Crippen LogP contribution in [0.5, 0.6) is 0 Å². The van der Waals surface area contributed by atoms with E-state index in [0.717, 1.165) is 11.3 Å². The number of carbonyl (C=O) groups excluding carboxylic acids is 3. The van der Waals surface area contributed by atoms with E-state index in [1.54, 1.807) is 36.1 Å². The first-order valence-corrected chi connectivity index (χ1v) is 8.95. The molecule has 1 N–H and O–H groups in total. The molecule has 27 heavy (non-hydrogen) atoms. The molecule has 1 aliphatic rings. The summed E-state index contributed by atoms with van der Waals surface area (Å²) in [7, 11) is 0. The molecule has 0 aromatic heterocycles. The van der Waals surface area contributed by atoms with E-state index in [-0.39, 0.29) is 18.4 Å². The molecule has 140 valence electrons. The van der Waals surface area contributed by atoms with Crippen molar-refractivity contribution in [1.82, 2.24) is 0 Å². The zero-order chi connectivity index (χ0) is 19.4. The highest BCUT2D eigenvalue weighted by Gasteiger charge is 2.37. The number of aryl methyl sites for hydroxylation is 1. The SMILES string of the molecule is CCOC(=O)c1cccc(NC(=O)C2CCN(c3ccc(C)cc3)C2=O)c1. The van der Waals surface area contributed by atoms with E-state index in [0.29, 0.717) is 24.2 Å². The summed E-state index contributed by atoms with van der Waals surface area (Å²) in [4.78, 5) is 38.7. The zero-order valence-electron chi connectivity index (χ0n) is 15.4. The maximum atomic E-state index is 12.7. The number of amides is 2. The van der Waals surface area contributed by atoms with Gasteiger partial charge in [0, 0.05) is 17.9 Å². The topological polar surface area (TPSA) is 75.7 Å². The standard InChI is InChI=1S/C21H22N2O4/c1-3-27-21(26)15-5-4-6-16(13-15)22-19(24)18-11-12-23(20(18)25)17-9-7-14(2)8-10-17/h4-10,13,18H,3,11-12H2,1-2H3,(H,22,24). The molecule has 0 aliphatic carbocycles. The lowest BCUT2D eigenvalue weighted by Crippen LogP contribution is -2.33. The molecule has 1 heterocycles. The summed E-state index contributed by atoms with van der Waals surface area (Å²) in [5.41, 5.74) is 2.73. The maximum Gasteiger partial charge on any atom is 0.338 e. The molecule has 0 radical (unpaired) electrons. The summed E-state index contributed by atoms with van der Waals surface area (Å²) >= 11 is 0. The molecule has 3 rings (SSSR count). The number of benzene rings is 2. The van der Waals surface area contributed by atoms with Crippen molar-refractivity contribution in [3.63, 3.8) is 0 Å². The fourth-order valence-corrected chi connectivity index (χ4v) is 3.07. The summed E-state index contributed by atoms with van der Waals surface area (Å²) in [6.45, 7) is 4.50. The number of hydrogen-bond donors (Lipinski definition) is 1. The number of anilines is 2. The van der Waals surface area contributed by atoms with Gasteiger partial charge in [0.1, 0.15) is 5.92 Å². The first-order chi connectivity index (χ1) is 13.0. The van der Waals surface area contributed by atoms with Crippen molar-refractivity contribution in [2.45, 2.75) is 20.3 Å². The summed E-state index contributed by atoms with van der Waals surface area (Å²) in [5.74, 6) is -1.76. The number of ether oxygens (including phenoxy) is 1. The van der Waals surface area contributed by atoms with Crippen molar-refractivity contribution < 1.29 is 19.1 Å². The number of rotatable bonds is 5. The van der Waals surface area contributed by atoms with Gasteiger partial charge >= 0.3 is 5.97 Å². The van der Waals surface area contributed by atoms with E-state index >= 15 is 0 Å². The minimum absolute atomic E-state index is 0.210. The van der Waals surface area contributed by atoms with Crippen molar-refractivity contribution >= 4 is 29.2 Å². The molecule has 1 aliphatic heterocycles. The molecule has 0 saturated carbocycles. The third-order valence-corrected chi connectivity index (χ3v) is 4.51. The van der Waals surface area contributed by atoms with Gasteiger partial charge in [0.2, 0.25) is 11.8 Å². The van der Waals surface area contributed by atoms with Crippen molar-refractivity contribution in [3.8, 4) is 0 Å². The Morgan fingerprint density at radius 2 is 1.93 bits per heavy atom. The van der Waals surface area contributed by atoms with E-state index in [1.165, 1.54) is 0 Å². The van der Waals surface area contributed by atoms with Crippen LogP contribution in [-0.2, 0) is 14.3 Å². The van der Waals surface area contributed by atoms with Gasteiger partial charge in [-0.2, -0.15) is 0 Å². The molecule has 6 nitrogen and oxygen atoms in total. The fraction of sp³-hybridized carbons (Fsp3) is 0.286.